The number of ether oxygens (including phenoxy) is 1. The molecule has 2 aromatic carbocycles. The number of benzene rings is 2. The molecule has 5 nitrogen and oxygen atoms in total. The molecular formula is C22H25BrN2O3. The fourth-order valence-corrected chi connectivity index (χ4v) is 4.16. The van der Waals surface area contributed by atoms with Crippen LogP contribution < -0.4 is 10.1 Å². The van der Waals surface area contributed by atoms with E-state index in [1.807, 2.05) is 30.9 Å². The van der Waals surface area contributed by atoms with Gasteiger partial charge >= 0.3 is 0 Å². The van der Waals surface area contributed by atoms with Crippen molar-refractivity contribution in [3.05, 3.63) is 57.6 Å². The Hall–Kier alpha value is -2.34. The molecule has 1 N–H and O–H groups in total. The Bertz CT molecular complexity index is 853. The maximum atomic E-state index is 12.6. The van der Waals surface area contributed by atoms with Crippen molar-refractivity contribution in [2.24, 2.45) is 0 Å². The van der Waals surface area contributed by atoms with Gasteiger partial charge in [0.2, 0.25) is 0 Å². The lowest BCUT2D eigenvalue weighted by atomic mass is 10.1. The van der Waals surface area contributed by atoms with E-state index in [0.29, 0.717) is 17.0 Å². The quantitative estimate of drug-likeness (QED) is 0.726. The van der Waals surface area contributed by atoms with Crippen LogP contribution in [-0.2, 0) is 4.79 Å². The van der Waals surface area contributed by atoms with Gasteiger partial charge < -0.3 is 15.0 Å². The zero-order chi connectivity index (χ0) is 20.1. The maximum absolute atomic E-state index is 12.6. The third kappa shape index (κ3) is 5.13. The summed E-state index contributed by atoms with van der Waals surface area (Å²) < 4.78 is 6.70. The summed E-state index contributed by atoms with van der Waals surface area (Å²) in [5, 5.41) is 2.82. The topological polar surface area (TPSA) is 58.6 Å². The fourth-order valence-electron chi connectivity index (χ4n) is 3.47. The Morgan fingerprint density at radius 1 is 1.07 bits per heavy atom. The van der Waals surface area contributed by atoms with Crippen molar-refractivity contribution in [2.75, 3.05) is 25.0 Å². The van der Waals surface area contributed by atoms with E-state index in [1.165, 1.54) is 6.42 Å². The van der Waals surface area contributed by atoms with Gasteiger partial charge in [0.15, 0.2) is 6.61 Å². The van der Waals surface area contributed by atoms with Crippen LogP contribution in [0, 0.1) is 13.8 Å². The van der Waals surface area contributed by atoms with E-state index < -0.39 is 0 Å². The number of rotatable bonds is 5. The summed E-state index contributed by atoms with van der Waals surface area (Å²) in [5.74, 6) is 0.477. The predicted molar refractivity (Wildman–Crippen MR) is 114 cm³/mol. The number of aryl methyl sites for hydroxylation is 2. The molecule has 2 aromatic rings. The molecule has 0 spiro atoms. The smallest absolute Gasteiger partial charge is 0.262 e. The Morgan fingerprint density at radius 3 is 2.43 bits per heavy atom. The summed E-state index contributed by atoms with van der Waals surface area (Å²) in [6.45, 7) is 5.40. The van der Waals surface area contributed by atoms with Crippen molar-refractivity contribution in [3.63, 3.8) is 0 Å². The predicted octanol–water partition coefficient (Wildman–Crippen LogP) is 4.71. The van der Waals surface area contributed by atoms with E-state index in [0.717, 1.165) is 41.5 Å². The average Bonchev–Trinajstić information content (AvgIpc) is 2.67. The van der Waals surface area contributed by atoms with Crippen LogP contribution in [-0.4, -0.2) is 36.4 Å². The Kier molecular flexibility index (Phi) is 6.73. The van der Waals surface area contributed by atoms with Gasteiger partial charge in [-0.05, 0) is 74.6 Å². The Labute approximate surface area is 174 Å². The van der Waals surface area contributed by atoms with Gasteiger partial charge in [-0.1, -0.05) is 22.0 Å². The summed E-state index contributed by atoms with van der Waals surface area (Å²) in [6, 6.07) is 11.0. The first-order chi connectivity index (χ1) is 13.4. The minimum atomic E-state index is -0.260. The lowest BCUT2D eigenvalue weighted by Gasteiger charge is -2.26. The third-order valence-electron chi connectivity index (χ3n) is 4.81. The molecule has 6 heteroatoms. The molecule has 1 heterocycles. The molecule has 0 aliphatic carbocycles. The van der Waals surface area contributed by atoms with Gasteiger partial charge in [-0.25, -0.2) is 0 Å². The van der Waals surface area contributed by atoms with Crippen LogP contribution in [0.5, 0.6) is 5.75 Å². The minimum absolute atomic E-state index is 0.0214. The fraction of sp³-hybridized carbons (Fsp3) is 0.364. The normalized spacial score (nSPS) is 13.9. The zero-order valence-electron chi connectivity index (χ0n) is 16.3. The van der Waals surface area contributed by atoms with Gasteiger partial charge in [-0.15, -0.1) is 0 Å². The molecule has 1 aliphatic heterocycles. The molecule has 0 aromatic heterocycles. The van der Waals surface area contributed by atoms with Gasteiger partial charge in [0.05, 0.1) is 0 Å². The second kappa shape index (κ2) is 9.24. The van der Waals surface area contributed by atoms with Gasteiger partial charge in [-0.3, -0.25) is 9.59 Å². The molecule has 1 aliphatic rings. The molecule has 0 saturated carbocycles. The number of amides is 2. The number of nitrogens with one attached hydrogen (secondary N) is 1. The third-order valence-corrected chi connectivity index (χ3v) is 5.27. The monoisotopic (exact) mass is 444 g/mol. The summed E-state index contributed by atoms with van der Waals surface area (Å²) >= 11 is 3.45. The molecule has 148 valence electrons. The number of piperidine rings is 1. The van der Waals surface area contributed by atoms with Crippen molar-refractivity contribution in [1.82, 2.24) is 4.90 Å². The number of hydrogen-bond acceptors (Lipinski definition) is 3. The molecule has 0 bridgehead atoms. The molecule has 0 radical (unpaired) electrons. The summed E-state index contributed by atoms with van der Waals surface area (Å²) in [7, 11) is 0. The van der Waals surface area contributed by atoms with E-state index >= 15 is 0 Å². The summed E-state index contributed by atoms with van der Waals surface area (Å²) in [4.78, 5) is 26.8. The largest absolute Gasteiger partial charge is 0.483 e. The number of likely N-dealkylation sites (tertiary alicyclic amines) is 1. The first-order valence-corrected chi connectivity index (χ1v) is 10.3. The molecular weight excluding hydrogens is 420 g/mol. The van der Waals surface area contributed by atoms with Crippen LogP contribution in [0.1, 0.15) is 40.7 Å². The van der Waals surface area contributed by atoms with E-state index in [1.54, 1.807) is 24.3 Å². The Morgan fingerprint density at radius 2 is 1.75 bits per heavy atom. The molecule has 28 heavy (non-hydrogen) atoms. The number of carbonyl (C=O) groups is 2. The number of nitrogens with zero attached hydrogens (tertiary/aromatic N) is 1. The molecule has 1 saturated heterocycles. The second-order valence-corrected chi connectivity index (χ2v) is 8.05. The SMILES string of the molecule is Cc1cc(Br)cc(C)c1OCC(=O)Nc1cccc(C(=O)N2CCCCC2)c1. The first kappa shape index (κ1) is 20.4. The standard InChI is InChI=1S/C22H25BrN2O3/c1-15-11-18(23)12-16(2)21(15)28-14-20(26)24-19-8-6-7-17(13-19)22(27)25-9-4-3-5-10-25/h6-8,11-13H,3-5,9-10,14H2,1-2H3,(H,24,26). The van der Waals surface area contributed by atoms with E-state index in [-0.39, 0.29) is 18.4 Å². The van der Waals surface area contributed by atoms with Crippen molar-refractivity contribution in [1.29, 1.82) is 0 Å². The van der Waals surface area contributed by atoms with Crippen LogP contribution in [0.25, 0.3) is 0 Å². The van der Waals surface area contributed by atoms with E-state index in [2.05, 4.69) is 21.2 Å². The zero-order valence-corrected chi connectivity index (χ0v) is 17.8. The maximum Gasteiger partial charge on any atom is 0.262 e. The van der Waals surface area contributed by atoms with Gasteiger partial charge in [-0.2, -0.15) is 0 Å². The average molecular weight is 445 g/mol. The highest BCUT2D eigenvalue weighted by Gasteiger charge is 2.18. The molecule has 3 rings (SSSR count). The molecule has 0 atom stereocenters. The van der Waals surface area contributed by atoms with Crippen LogP contribution in [0.3, 0.4) is 0 Å². The second-order valence-electron chi connectivity index (χ2n) is 7.14. The van der Waals surface area contributed by atoms with E-state index in [9.17, 15) is 9.59 Å². The van der Waals surface area contributed by atoms with Crippen LogP contribution in [0.2, 0.25) is 0 Å². The van der Waals surface area contributed by atoms with Crippen LogP contribution in [0.15, 0.2) is 40.9 Å². The van der Waals surface area contributed by atoms with Crippen molar-refractivity contribution < 1.29 is 14.3 Å². The summed E-state index contributed by atoms with van der Waals surface area (Å²) in [5.41, 5.74) is 3.13. The highest BCUT2D eigenvalue weighted by Crippen LogP contribution is 2.27. The van der Waals surface area contributed by atoms with Crippen LogP contribution >= 0.6 is 15.9 Å². The van der Waals surface area contributed by atoms with Crippen LogP contribution in [0.4, 0.5) is 5.69 Å². The number of carbonyl (C=O) groups excluding carboxylic acids is 2. The molecule has 1 fully saturated rings. The first-order valence-electron chi connectivity index (χ1n) is 9.53. The Balaban J connectivity index is 1.61. The molecule has 0 unspecified atom stereocenters. The number of anilines is 1. The highest BCUT2D eigenvalue weighted by atomic mass is 79.9. The van der Waals surface area contributed by atoms with Crippen molar-refractivity contribution in [2.45, 2.75) is 33.1 Å². The molecule has 2 amide bonds. The lowest BCUT2D eigenvalue weighted by molar-refractivity contribution is -0.118. The van der Waals surface area contributed by atoms with Gasteiger partial charge in [0.25, 0.3) is 11.8 Å². The van der Waals surface area contributed by atoms with Crippen molar-refractivity contribution >= 4 is 33.4 Å². The van der Waals surface area contributed by atoms with Crippen molar-refractivity contribution in [3.8, 4) is 5.75 Å². The number of hydrogen-bond donors (Lipinski definition) is 1. The van der Waals surface area contributed by atoms with Gasteiger partial charge in [0.1, 0.15) is 5.75 Å². The summed E-state index contributed by atoms with van der Waals surface area (Å²) in [6.07, 6.45) is 3.28. The lowest BCUT2D eigenvalue weighted by Crippen LogP contribution is -2.35. The van der Waals surface area contributed by atoms with Gasteiger partial charge in [0, 0.05) is 28.8 Å². The minimum Gasteiger partial charge on any atom is -0.483 e. The van der Waals surface area contributed by atoms with E-state index in [4.69, 9.17) is 4.74 Å². The number of halogens is 1. The highest BCUT2D eigenvalue weighted by molar-refractivity contribution is 9.10.